The van der Waals surface area contributed by atoms with Crippen molar-refractivity contribution < 1.29 is 13.2 Å². The van der Waals surface area contributed by atoms with Gasteiger partial charge in [-0.15, -0.1) is 0 Å². The molecule has 6 nitrogen and oxygen atoms in total. The number of anilines is 1. The van der Waals surface area contributed by atoms with E-state index < -0.39 is 10.0 Å². The minimum Gasteiger partial charge on any atom is -0.325 e. The van der Waals surface area contributed by atoms with Gasteiger partial charge in [0.25, 0.3) is 0 Å². The van der Waals surface area contributed by atoms with Crippen LogP contribution in [0.15, 0.2) is 23.1 Å². The van der Waals surface area contributed by atoms with Gasteiger partial charge in [0.05, 0.1) is 11.4 Å². The van der Waals surface area contributed by atoms with E-state index in [-0.39, 0.29) is 10.8 Å². The number of nitrogens with one attached hydrogen (secondary N) is 1. The molecule has 1 fully saturated rings. The van der Waals surface area contributed by atoms with Crippen LogP contribution in [0.4, 0.5) is 5.69 Å². The van der Waals surface area contributed by atoms with E-state index in [1.807, 2.05) is 6.92 Å². The highest BCUT2D eigenvalue weighted by Gasteiger charge is 2.24. The van der Waals surface area contributed by atoms with Crippen LogP contribution < -0.4 is 5.32 Å². The lowest BCUT2D eigenvalue weighted by atomic mass is 9.92. The van der Waals surface area contributed by atoms with Crippen molar-refractivity contribution in [2.24, 2.45) is 11.8 Å². The Morgan fingerprint density at radius 1 is 1.24 bits per heavy atom. The maximum atomic E-state index is 12.4. The van der Waals surface area contributed by atoms with Crippen LogP contribution in [0.25, 0.3) is 0 Å². The largest absolute Gasteiger partial charge is 0.325 e. The van der Waals surface area contributed by atoms with Crippen molar-refractivity contribution in [3.05, 3.63) is 23.8 Å². The Morgan fingerprint density at radius 3 is 2.40 bits per heavy atom. The van der Waals surface area contributed by atoms with Crippen molar-refractivity contribution in [1.82, 2.24) is 9.21 Å². The highest BCUT2D eigenvalue weighted by atomic mass is 32.2. The lowest BCUT2D eigenvalue weighted by Gasteiger charge is -2.34. The second-order valence-electron chi connectivity index (χ2n) is 7.45. The Balaban J connectivity index is 2.10. The summed E-state index contributed by atoms with van der Waals surface area (Å²) in [4.78, 5) is 14.8. The number of rotatable bonds is 5. The highest BCUT2D eigenvalue weighted by molar-refractivity contribution is 7.89. The van der Waals surface area contributed by atoms with Crippen LogP contribution in [0.1, 0.15) is 25.8 Å². The van der Waals surface area contributed by atoms with Crippen molar-refractivity contribution in [2.45, 2.75) is 32.1 Å². The summed E-state index contributed by atoms with van der Waals surface area (Å²) in [6, 6.07) is 4.81. The van der Waals surface area contributed by atoms with E-state index in [0.29, 0.717) is 24.1 Å². The molecule has 0 aromatic heterocycles. The smallest absolute Gasteiger partial charge is 0.242 e. The van der Waals surface area contributed by atoms with E-state index in [0.717, 1.165) is 18.7 Å². The zero-order chi connectivity index (χ0) is 18.8. The average molecular weight is 368 g/mol. The Labute approximate surface area is 151 Å². The number of likely N-dealkylation sites (tertiary alicyclic amines) is 1. The zero-order valence-corrected chi connectivity index (χ0v) is 16.6. The van der Waals surface area contributed by atoms with Crippen molar-refractivity contribution in [1.29, 1.82) is 0 Å². The molecule has 1 N–H and O–H groups in total. The molecule has 140 valence electrons. The minimum absolute atomic E-state index is 0.108. The first-order chi connectivity index (χ1) is 11.6. The SMILES string of the molecule is Cc1ccc(S(=O)(=O)N(C)C)cc1NC(=O)CN1C[C@H](C)C[C@H](C)C1. The quantitative estimate of drug-likeness (QED) is 0.866. The second kappa shape index (κ2) is 7.85. The molecule has 25 heavy (non-hydrogen) atoms. The molecule has 0 spiro atoms. The maximum absolute atomic E-state index is 12.4. The summed E-state index contributed by atoms with van der Waals surface area (Å²) in [5, 5.41) is 2.88. The molecular formula is C18H29N3O3S. The normalized spacial score (nSPS) is 22.2. The van der Waals surface area contributed by atoms with Crippen LogP contribution in [-0.2, 0) is 14.8 Å². The van der Waals surface area contributed by atoms with E-state index in [1.54, 1.807) is 12.1 Å². The van der Waals surface area contributed by atoms with Gasteiger partial charge in [-0.1, -0.05) is 19.9 Å². The average Bonchev–Trinajstić information content (AvgIpc) is 2.47. The fourth-order valence-electron chi connectivity index (χ4n) is 3.42. The molecule has 2 atom stereocenters. The van der Waals surface area contributed by atoms with Gasteiger partial charge < -0.3 is 5.32 Å². The molecule has 1 heterocycles. The third-order valence-corrected chi connectivity index (χ3v) is 6.38. The number of sulfonamides is 1. The zero-order valence-electron chi connectivity index (χ0n) is 15.7. The van der Waals surface area contributed by atoms with Crippen molar-refractivity contribution in [2.75, 3.05) is 39.0 Å². The Bertz CT molecular complexity index is 721. The second-order valence-corrected chi connectivity index (χ2v) is 9.60. The summed E-state index contributed by atoms with van der Waals surface area (Å²) >= 11 is 0. The van der Waals surface area contributed by atoms with Gasteiger partial charge in [0, 0.05) is 32.9 Å². The maximum Gasteiger partial charge on any atom is 0.242 e. The van der Waals surface area contributed by atoms with Crippen molar-refractivity contribution in [3.8, 4) is 0 Å². The number of carbonyl (C=O) groups excluding carboxylic acids is 1. The van der Waals surface area contributed by atoms with Gasteiger partial charge in [-0.3, -0.25) is 9.69 Å². The summed E-state index contributed by atoms with van der Waals surface area (Å²) < 4.78 is 25.7. The number of carbonyl (C=O) groups is 1. The lowest BCUT2D eigenvalue weighted by Crippen LogP contribution is -2.42. The Morgan fingerprint density at radius 2 is 1.84 bits per heavy atom. The first-order valence-corrected chi connectivity index (χ1v) is 10.1. The Hall–Kier alpha value is -1.44. The number of benzene rings is 1. The van der Waals surface area contributed by atoms with Crippen LogP contribution in [0.2, 0.25) is 0 Å². The molecule has 1 aromatic carbocycles. The molecule has 7 heteroatoms. The van der Waals surface area contributed by atoms with Gasteiger partial charge in [0.1, 0.15) is 0 Å². The van der Waals surface area contributed by atoms with Gasteiger partial charge in [-0.25, -0.2) is 12.7 Å². The summed E-state index contributed by atoms with van der Waals surface area (Å²) in [5.41, 5.74) is 1.39. The molecule has 1 aliphatic heterocycles. The van der Waals surface area contributed by atoms with Crippen LogP contribution in [0, 0.1) is 18.8 Å². The fourth-order valence-corrected chi connectivity index (χ4v) is 4.35. The number of aryl methyl sites for hydroxylation is 1. The topological polar surface area (TPSA) is 69.7 Å². The summed E-state index contributed by atoms with van der Waals surface area (Å²) in [5.74, 6) is 1.07. The van der Waals surface area contributed by atoms with E-state index in [1.165, 1.54) is 30.9 Å². The molecule has 2 rings (SSSR count). The molecule has 0 unspecified atom stereocenters. The highest BCUT2D eigenvalue weighted by Crippen LogP contribution is 2.23. The monoisotopic (exact) mass is 367 g/mol. The molecule has 1 saturated heterocycles. The van der Waals surface area contributed by atoms with E-state index in [9.17, 15) is 13.2 Å². The number of piperidine rings is 1. The predicted octanol–water partition coefficient (Wildman–Crippen LogP) is 2.16. The molecule has 1 aliphatic rings. The standard InChI is InChI=1S/C18H29N3O3S/c1-13-8-14(2)11-21(10-13)12-18(22)19-17-9-16(7-6-15(17)3)25(23,24)20(4)5/h6-7,9,13-14H,8,10-12H2,1-5H3,(H,19,22)/t13-,14+. The van der Waals surface area contributed by atoms with Gasteiger partial charge in [0.15, 0.2) is 0 Å². The molecule has 0 saturated carbocycles. The predicted molar refractivity (Wildman–Crippen MR) is 100 cm³/mol. The minimum atomic E-state index is -3.52. The van der Waals surface area contributed by atoms with Crippen LogP contribution in [0.5, 0.6) is 0 Å². The number of hydrogen-bond donors (Lipinski definition) is 1. The van der Waals surface area contributed by atoms with Gasteiger partial charge in [0.2, 0.25) is 15.9 Å². The Kier molecular flexibility index (Phi) is 6.24. The molecule has 1 aromatic rings. The van der Waals surface area contributed by atoms with Crippen molar-refractivity contribution in [3.63, 3.8) is 0 Å². The van der Waals surface area contributed by atoms with Crippen LogP contribution in [0.3, 0.4) is 0 Å². The van der Waals surface area contributed by atoms with E-state index >= 15 is 0 Å². The van der Waals surface area contributed by atoms with Gasteiger partial charge in [-0.2, -0.15) is 0 Å². The van der Waals surface area contributed by atoms with Crippen molar-refractivity contribution >= 4 is 21.6 Å². The third-order valence-electron chi connectivity index (χ3n) is 4.57. The third kappa shape index (κ3) is 5.03. The van der Waals surface area contributed by atoms with E-state index in [4.69, 9.17) is 0 Å². The first kappa shape index (κ1) is 19.9. The number of hydrogen-bond acceptors (Lipinski definition) is 4. The number of nitrogens with zero attached hydrogens (tertiary/aromatic N) is 2. The lowest BCUT2D eigenvalue weighted by molar-refractivity contribution is -0.117. The first-order valence-electron chi connectivity index (χ1n) is 8.65. The van der Waals surface area contributed by atoms with Gasteiger partial charge in [-0.05, 0) is 42.9 Å². The summed E-state index contributed by atoms with van der Waals surface area (Å²) in [7, 11) is -0.538. The molecule has 0 radical (unpaired) electrons. The van der Waals surface area contributed by atoms with Gasteiger partial charge >= 0.3 is 0 Å². The summed E-state index contributed by atoms with van der Waals surface area (Å²) in [6.07, 6.45) is 1.20. The fraction of sp³-hybridized carbons (Fsp3) is 0.611. The molecule has 1 amide bonds. The van der Waals surface area contributed by atoms with E-state index in [2.05, 4.69) is 24.1 Å². The molecule has 0 aliphatic carbocycles. The summed E-state index contributed by atoms with van der Waals surface area (Å²) in [6.45, 7) is 8.45. The molecule has 0 bridgehead atoms. The van der Waals surface area contributed by atoms with Crippen LogP contribution in [-0.4, -0.2) is 57.3 Å². The van der Waals surface area contributed by atoms with Crippen LogP contribution >= 0.6 is 0 Å². The number of amides is 1. The molecular weight excluding hydrogens is 338 g/mol.